The van der Waals surface area contributed by atoms with Crippen LogP contribution in [0.1, 0.15) is 54.8 Å². The number of amides is 1. The van der Waals surface area contributed by atoms with E-state index in [4.69, 9.17) is 0 Å². The molecule has 0 unspecified atom stereocenters. The van der Waals surface area contributed by atoms with E-state index in [1.165, 1.54) is 37.7 Å². The van der Waals surface area contributed by atoms with Crippen LogP contribution in [0.25, 0.3) is 0 Å². The molecule has 1 saturated carbocycles. The van der Waals surface area contributed by atoms with E-state index in [9.17, 15) is 8.68 Å². The highest BCUT2D eigenvalue weighted by molar-refractivity contribution is 7.92. The van der Waals surface area contributed by atoms with Crippen LogP contribution >= 0.6 is 12.3 Å². The van der Waals surface area contributed by atoms with Gasteiger partial charge in [-0.25, -0.2) is 9.30 Å². The van der Waals surface area contributed by atoms with E-state index >= 15 is 0 Å². The highest BCUT2D eigenvalue weighted by Gasteiger charge is 2.15. The zero-order valence-electron chi connectivity index (χ0n) is 16.0. The Morgan fingerprint density at radius 2 is 2.11 bits per heavy atom. The topological polar surface area (TPSA) is 57.6 Å². The van der Waals surface area contributed by atoms with E-state index in [1.54, 1.807) is 0 Å². The zero-order chi connectivity index (χ0) is 19.8. The molecule has 0 bridgehead atoms. The maximum Gasteiger partial charge on any atom is 0.226 e. The van der Waals surface area contributed by atoms with Crippen LogP contribution in [0.2, 0.25) is 0 Å². The van der Waals surface area contributed by atoms with Gasteiger partial charge in [0.05, 0.1) is 17.9 Å². The fourth-order valence-corrected chi connectivity index (χ4v) is 3.56. The van der Waals surface area contributed by atoms with Gasteiger partial charge >= 0.3 is 0 Å². The van der Waals surface area contributed by atoms with E-state index in [1.807, 2.05) is 31.3 Å². The smallest absolute Gasteiger partial charge is 0.226 e. The molecule has 0 atom stereocenters. The van der Waals surface area contributed by atoms with Crippen molar-refractivity contribution >= 4 is 36.5 Å². The summed E-state index contributed by atoms with van der Waals surface area (Å²) in [6.45, 7) is 2.52. The second-order valence-electron chi connectivity index (χ2n) is 7.05. The van der Waals surface area contributed by atoms with Crippen molar-refractivity contribution in [2.24, 2.45) is 4.99 Å². The second kappa shape index (κ2) is 10.2. The Balaban J connectivity index is 1.61. The van der Waals surface area contributed by atoms with E-state index in [-0.39, 0.29) is 12.3 Å². The first kappa shape index (κ1) is 20.3. The number of rotatable bonds is 8. The van der Waals surface area contributed by atoms with Crippen molar-refractivity contribution < 1.29 is 8.68 Å². The first-order valence-electron chi connectivity index (χ1n) is 9.55. The summed E-state index contributed by atoms with van der Waals surface area (Å²) in [6, 6.07) is 10.1. The lowest BCUT2D eigenvalue weighted by Crippen LogP contribution is -2.08. The Hall–Kier alpha value is -2.41. The molecule has 1 aromatic carbocycles. The predicted molar refractivity (Wildman–Crippen MR) is 113 cm³/mol. The summed E-state index contributed by atoms with van der Waals surface area (Å²) in [4.78, 5) is 19.4. The van der Waals surface area contributed by atoms with Crippen molar-refractivity contribution in [1.29, 1.82) is 0 Å². The number of pyridine rings is 1. The third-order valence-corrected chi connectivity index (χ3v) is 5.44. The largest absolute Gasteiger partial charge is 0.379 e. The normalized spacial score (nSPS) is 14.9. The van der Waals surface area contributed by atoms with Crippen LogP contribution in [0, 0.1) is 6.92 Å². The Morgan fingerprint density at radius 3 is 2.79 bits per heavy atom. The van der Waals surface area contributed by atoms with Crippen LogP contribution in [0.3, 0.4) is 0 Å². The quantitative estimate of drug-likeness (QED) is 0.267. The average Bonchev–Trinajstić information content (AvgIpc) is 2.75. The molecule has 1 aromatic heterocycles. The van der Waals surface area contributed by atoms with Gasteiger partial charge in [0.15, 0.2) is 12.3 Å². The molecule has 0 saturated heterocycles. The Morgan fingerprint density at radius 1 is 1.29 bits per heavy atom. The number of carbonyl (C=O) groups excluding carboxylic acids is 1. The van der Waals surface area contributed by atoms with Gasteiger partial charge in [-0.05, 0) is 55.0 Å². The van der Waals surface area contributed by atoms with Gasteiger partial charge in [0.1, 0.15) is 6.34 Å². The Bertz CT molecular complexity index is 807. The third kappa shape index (κ3) is 5.55. The lowest BCUT2D eigenvalue weighted by atomic mass is 9.85. The number of aliphatic imine (C=N–C) groups is 1. The van der Waals surface area contributed by atoms with Gasteiger partial charge in [-0.3, -0.25) is 9.78 Å². The van der Waals surface area contributed by atoms with Gasteiger partial charge in [0.2, 0.25) is 6.41 Å². The van der Waals surface area contributed by atoms with Crippen molar-refractivity contribution in [1.82, 2.24) is 9.29 Å². The van der Waals surface area contributed by atoms with Crippen molar-refractivity contribution in [2.45, 2.75) is 51.5 Å². The number of halogens is 1. The summed E-state index contributed by atoms with van der Waals surface area (Å²) in [5.41, 5.74) is 4.83. The molecule has 1 amide bonds. The first-order valence-corrected chi connectivity index (χ1v) is 10.2. The number of nitrogens with one attached hydrogen (secondary N) is 1. The number of aromatic nitrogens is 1. The average molecular weight is 401 g/mol. The maximum atomic E-state index is 12.5. The van der Waals surface area contributed by atoms with Crippen molar-refractivity contribution in [2.75, 3.05) is 5.32 Å². The fourth-order valence-electron chi connectivity index (χ4n) is 3.45. The molecule has 1 aliphatic rings. The van der Waals surface area contributed by atoms with Crippen LogP contribution in [-0.2, 0) is 11.3 Å². The lowest BCUT2D eigenvalue weighted by Gasteiger charge is -2.21. The van der Waals surface area contributed by atoms with Crippen molar-refractivity contribution in [3.8, 4) is 0 Å². The van der Waals surface area contributed by atoms with Gasteiger partial charge < -0.3 is 5.32 Å². The molecule has 2 aromatic rings. The molecular weight excluding hydrogens is 375 g/mol. The van der Waals surface area contributed by atoms with E-state index in [2.05, 4.69) is 27.4 Å². The summed E-state index contributed by atoms with van der Waals surface area (Å²) in [7, 11) is 0. The van der Waals surface area contributed by atoms with Crippen molar-refractivity contribution in [3.05, 3.63) is 53.3 Å². The first-order chi connectivity index (χ1) is 13.7. The van der Waals surface area contributed by atoms with E-state index in [0.717, 1.165) is 27.6 Å². The summed E-state index contributed by atoms with van der Waals surface area (Å²) in [6.07, 6.45) is 10.1. The van der Waals surface area contributed by atoms with Gasteiger partial charge in [-0.2, -0.15) is 0 Å². The molecule has 0 spiro atoms. The van der Waals surface area contributed by atoms with E-state index in [0.29, 0.717) is 24.6 Å². The minimum absolute atomic E-state index is 0.190. The lowest BCUT2D eigenvalue weighted by molar-refractivity contribution is -0.111. The molecule has 0 aliphatic heterocycles. The van der Waals surface area contributed by atoms with Crippen LogP contribution < -0.4 is 5.32 Å². The SMILES string of the molecule is Cc1ccc(NCc2ccc(C3CCCCC3)cn2)cc1N=CN(C=O)SF. The number of hydrogen-bond donors (Lipinski definition) is 1. The predicted octanol–water partition coefficient (Wildman–Crippen LogP) is 5.70. The number of anilines is 1. The fraction of sp³-hybridized carbons (Fsp3) is 0.381. The van der Waals surface area contributed by atoms with Crippen LogP contribution in [0.4, 0.5) is 15.3 Å². The third-order valence-electron chi connectivity index (χ3n) is 5.10. The summed E-state index contributed by atoms with van der Waals surface area (Å²) in [5, 5.41) is 3.34. The van der Waals surface area contributed by atoms with E-state index < -0.39 is 0 Å². The summed E-state index contributed by atoms with van der Waals surface area (Å²) < 4.78 is 13.3. The Kier molecular flexibility index (Phi) is 7.42. The van der Waals surface area contributed by atoms with Gasteiger partial charge in [0, 0.05) is 11.9 Å². The number of aryl methyl sites for hydroxylation is 1. The highest BCUT2D eigenvalue weighted by atomic mass is 32.2. The molecule has 1 aliphatic carbocycles. The molecule has 28 heavy (non-hydrogen) atoms. The molecule has 7 heteroatoms. The summed E-state index contributed by atoms with van der Waals surface area (Å²) in [5.74, 6) is 0.661. The molecule has 3 rings (SSSR count). The molecule has 148 valence electrons. The Labute approximate surface area is 169 Å². The minimum Gasteiger partial charge on any atom is -0.379 e. The van der Waals surface area contributed by atoms with Crippen LogP contribution in [0.15, 0.2) is 41.5 Å². The van der Waals surface area contributed by atoms with Gasteiger partial charge in [-0.15, -0.1) is 3.89 Å². The standard InChI is InChI=1S/C21H25FN4OS/c1-16-7-9-19(11-21(16)25-14-26(15-27)28-22)24-13-20-10-8-18(12-23-20)17-5-3-2-4-6-17/h7-12,14-15,17,24H,2-6,13H2,1H3. The number of nitrogens with zero attached hydrogens (tertiary/aromatic N) is 3. The monoisotopic (exact) mass is 400 g/mol. The number of benzene rings is 1. The van der Waals surface area contributed by atoms with Crippen LogP contribution in [0.5, 0.6) is 0 Å². The highest BCUT2D eigenvalue weighted by Crippen LogP contribution is 2.32. The molecule has 0 radical (unpaired) electrons. The molecule has 5 nitrogen and oxygen atoms in total. The maximum absolute atomic E-state index is 12.5. The van der Waals surface area contributed by atoms with Gasteiger partial charge in [0.25, 0.3) is 0 Å². The molecular formula is C21H25FN4OS. The second-order valence-corrected chi connectivity index (χ2v) is 7.61. The number of carbonyl (C=O) groups is 1. The minimum atomic E-state index is -0.190. The van der Waals surface area contributed by atoms with Gasteiger partial charge in [-0.1, -0.05) is 31.4 Å². The number of hydrogen-bond acceptors (Lipinski definition) is 5. The van der Waals surface area contributed by atoms with Crippen LogP contribution in [-0.4, -0.2) is 22.0 Å². The molecule has 1 fully saturated rings. The zero-order valence-corrected chi connectivity index (χ0v) is 16.8. The van der Waals surface area contributed by atoms with Crippen molar-refractivity contribution in [3.63, 3.8) is 0 Å². The molecule has 1 N–H and O–H groups in total. The molecule has 1 heterocycles. The summed E-state index contributed by atoms with van der Waals surface area (Å²) >= 11 is -0.190.